The fourth-order valence-corrected chi connectivity index (χ4v) is 2.25. The summed E-state index contributed by atoms with van der Waals surface area (Å²) in [7, 11) is 0. The minimum Gasteiger partial charge on any atom is -0.462 e. The van der Waals surface area contributed by atoms with Crippen LogP contribution in [0.25, 0.3) is 0 Å². The molecule has 2 aliphatic heterocycles. The number of carbonyl (C=O) groups is 2. The number of hydrogen-bond donors (Lipinski definition) is 2. The van der Waals surface area contributed by atoms with Crippen LogP contribution < -0.4 is 5.32 Å². The number of esters is 1. The number of carbonyl (C=O) groups excluding carboxylic acids is 2. The van der Waals surface area contributed by atoms with Gasteiger partial charge >= 0.3 is 5.97 Å². The van der Waals surface area contributed by atoms with Gasteiger partial charge in [-0.15, -0.1) is 0 Å². The minimum atomic E-state index is -0.574. The molecule has 0 saturated carbocycles. The van der Waals surface area contributed by atoms with Crippen molar-refractivity contribution >= 4 is 11.8 Å². The van der Waals surface area contributed by atoms with Gasteiger partial charge in [-0.1, -0.05) is 0 Å². The third kappa shape index (κ3) is 2.32. The Morgan fingerprint density at radius 2 is 2.47 bits per heavy atom. The highest BCUT2D eigenvalue weighted by molar-refractivity contribution is 6.18. The number of hydroxylamine groups is 2. The van der Waals surface area contributed by atoms with Gasteiger partial charge in [0.2, 0.25) is 0 Å². The summed E-state index contributed by atoms with van der Waals surface area (Å²) in [5.41, 5.74) is 0.0829. The maximum absolute atomic E-state index is 12.1. The molecule has 2 aliphatic rings. The number of Topliss-reactive ketones (excluding diaryl/α,β-unsaturated/α-hetero) is 1. The van der Waals surface area contributed by atoms with Crippen LogP contribution in [0.4, 0.5) is 0 Å². The van der Waals surface area contributed by atoms with E-state index in [1.807, 2.05) is 0 Å². The van der Waals surface area contributed by atoms with Crippen LogP contribution in [0.5, 0.6) is 0 Å². The molecule has 1 fully saturated rings. The molecule has 0 amide bonds. The monoisotopic (exact) mass is 240 g/mol. The van der Waals surface area contributed by atoms with E-state index < -0.39 is 5.97 Å². The van der Waals surface area contributed by atoms with Gasteiger partial charge in [0.05, 0.1) is 12.6 Å². The van der Waals surface area contributed by atoms with Crippen LogP contribution in [0.15, 0.2) is 11.8 Å². The Morgan fingerprint density at radius 1 is 1.71 bits per heavy atom. The second-order valence-corrected chi connectivity index (χ2v) is 4.22. The van der Waals surface area contributed by atoms with Crippen molar-refractivity contribution in [2.75, 3.05) is 19.7 Å². The number of nitrogens with zero attached hydrogens (tertiary/aromatic N) is 1. The molecule has 94 valence electrons. The van der Waals surface area contributed by atoms with Crippen LogP contribution in [0.2, 0.25) is 0 Å². The molecule has 0 aromatic heterocycles. The van der Waals surface area contributed by atoms with Gasteiger partial charge < -0.3 is 15.3 Å². The maximum atomic E-state index is 12.1. The fourth-order valence-electron chi connectivity index (χ4n) is 2.25. The first-order valence-electron chi connectivity index (χ1n) is 5.75. The molecule has 0 aromatic carbocycles. The van der Waals surface area contributed by atoms with E-state index in [0.29, 0.717) is 19.5 Å². The Labute approximate surface area is 99.2 Å². The number of ketones is 1. The first kappa shape index (κ1) is 12.1. The minimum absolute atomic E-state index is 0.0829. The van der Waals surface area contributed by atoms with E-state index in [-0.39, 0.29) is 29.9 Å². The zero-order chi connectivity index (χ0) is 12.4. The van der Waals surface area contributed by atoms with Crippen LogP contribution in [-0.2, 0) is 14.3 Å². The summed E-state index contributed by atoms with van der Waals surface area (Å²) in [5, 5.41) is 13.5. The number of fused-ring (bicyclic) bond motifs is 1. The Balaban J connectivity index is 2.12. The molecule has 0 bridgehead atoms. The molecular weight excluding hydrogens is 224 g/mol. The van der Waals surface area contributed by atoms with E-state index >= 15 is 0 Å². The van der Waals surface area contributed by atoms with Crippen molar-refractivity contribution in [2.24, 2.45) is 5.92 Å². The van der Waals surface area contributed by atoms with Gasteiger partial charge in [-0.3, -0.25) is 4.79 Å². The first-order chi connectivity index (χ1) is 8.13. The summed E-state index contributed by atoms with van der Waals surface area (Å²) < 4.78 is 4.82. The molecule has 0 spiro atoms. The molecule has 6 heteroatoms. The highest BCUT2D eigenvalue weighted by Crippen LogP contribution is 2.24. The van der Waals surface area contributed by atoms with Gasteiger partial charge in [0.1, 0.15) is 5.57 Å². The molecule has 0 aliphatic carbocycles. The normalized spacial score (nSPS) is 29.1. The zero-order valence-electron chi connectivity index (χ0n) is 9.68. The molecule has 0 aromatic rings. The highest BCUT2D eigenvalue weighted by atomic mass is 16.5. The fraction of sp³-hybridized carbons (Fsp3) is 0.636. The predicted molar refractivity (Wildman–Crippen MR) is 58.1 cm³/mol. The van der Waals surface area contributed by atoms with Crippen molar-refractivity contribution in [1.82, 2.24) is 10.4 Å². The van der Waals surface area contributed by atoms with Crippen LogP contribution >= 0.6 is 0 Å². The molecule has 2 unspecified atom stereocenters. The lowest BCUT2D eigenvalue weighted by Gasteiger charge is -2.37. The Hall–Kier alpha value is -1.40. The van der Waals surface area contributed by atoms with Gasteiger partial charge in [-0.2, -0.15) is 5.06 Å². The van der Waals surface area contributed by atoms with Crippen molar-refractivity contribution in [3.63, 3.8) is 0 Å². The average molecular weight is 240 g/mol. The SMILES string of the molecule is CCOC(=O)C1=CNC2CN(O)CCC2C1=O. The quantitative estimate of drug-likeness (QED) is 0.509. The van der Waals surface area contributed by atoms with E-state index in [1.54, 1.807) is 6.92 Å². The second-order valence-electron chi connectivity index (χ2n) is 4.22. The zero-order valence-corrected chi connectivity index (χ0v) is 9.68. The molecule has 17 heavy (non-hydrogen) atoms. The maximum Gasteiger partial charge on any atom is 0.343 e. The van der Waals surface area contributed by atoms with Crippen molar-refractivity contribution in [3.05, 3.63) is 11.8 Å². The lowest BCUT2D eigenvalue weighted by atomic mass is 9.83. The molecule has 6 nitrogen and oxygen atoms in total. The Morgan fingerprint density at radius 3 is 3.18 bits per heavy atom. The van der Waals surface area contributed by atoms with Crippen LogP contribution in [-0.4, -0.2) is 47.8 Å². The van der Waals surface area contributed by atoms with Gasteiger partial charge in [0, 0.05) is 25.2 Å². The van der Waals surface area contributed by atoms with Crippen molar-refractivity contribution in [3.8, 4) is 0 Å². The standard InChI is InChI=1S/C11H16N2O4/c1-2-17-11(15)8-5-12-9-6-13(16)4-3-7(9)10(8)14/h5,7,9,12,16H,2-4,6H2,1H3. The second kappa shape index (κ2) is 4.85. The van der Waals surface area contributed by atoms with E-state index in [4.69, 9.17) is 4.74 Å². The highest BCUT2D eigenvalue weighted by Gasteiger charge is 2.39. The first-order valence-corrected chi connectivity index (χ1v) is 5.75. The van der Waals surface area contributed by atoms with Crippen LogP contribution in [0.1, 0.15) is 13.3 Å². The van der Waals surface area contributed by atoms with Crippen molar-refractivity contribution in [1.29, 1.82) is 0 Å². The van der Waals surface area contributed by atoms with Crippen molar-refractivity contribution < 1.29 is 19.5 Å². The van der Waals surface area contributed by atoms with Gasteiger partial charge in [0.25, 0.3) is 0 Å². The molecule has 0 radical (unpaired) electrons. The predicted octanol–water partition coefficient (Wildman–Crippen LogP) is -0.315. The van der Waals surface area contributed by atoms with Gasteiger partial charge in [-0.25, -0.2) is 4.79 Å². The smallest absolute Gasteiger partial charge is 0.343 e. The van der Waals surface area contributed by atoms with Crippen molar-refractivity contribution in [2.45, 2.75) is 19.4 Å². The van der Waals surface area contributed by atoms with Gasteiger partial charge in [0.15, 0.2) is 5.78 Å². The van der Waals surface area contributed by atoms with E-state index in [2.05, 4.69) is 5.32 Å². The van der Waals surface area contributed by atoms with Gasteiger partial charge in [-0.05, 0) is 13.3 Å². The van der Waals surface area contributed by atoms with E-state index in [9.17, 15) is 14.8 Å². The summed E-state index contributed by atoms with van der Waals surface area (Å²) in [6.07, 6.45) is 1.95. The molecule has 2 N–H and O–H groups in total. The van der Waals surface area contributed by atoms with E-state index in [0.717, 1.165) is 0 Å². The summed E-state index contributed by atoms with van der Waals surface area (Å²) in [6, 6.07) is -0.126. The lowest BCUT2D eigenvalue weighted by molar-refractivity contribution is -0.144. The summed E-state index contributed by atoms with van der Waals surface area (Å²) >= 11 is 0. The van der Waals surface area contributed by atoms with Crippen LogP contribution in [0.3, 0.4) is 0 Å². The van der Waals surface area contributed by atoms with E-state index in [1.165, 1.54) is 11.3 Å². The molecule has 1 saturated heterocycles. The lowest BCUT2D eigenvalue weighted by Crippen LogP contribution is -2.54. The number of rotatable bonds is 2. The number of ether oxygens (including phenoxy) is 1. The number of nitrogens with one attached hydrogen (secondary N) is 1. The topological polar surface area (TPSA) is 78.9 Å². The Bertz CT molecular complexity index is 366. The molecule has 2 heterocycles. The summed E-state index contributed by atoms with van der Waals surface area (Å²) in [6.45, 7) is 2.79. The molecule has 2 atom stereocenters. The molecule has 2 rings (SSSR count). The third-order valence-corrected chi connectivity index (χ3v) is 3.13. The average Bonchev–Trinajstić information content (AvgIpc) is 2.29. The number of hydrogen-bond acceptors (Lipinski definition) is 6. The molecular formula is C11H16N2O4. The summed E-state index contributed by atoms with van der Waals surface area (Å²) in [5.74, 6) is -1.00. The van der Waals surface area contributed by atoms with Crippen LogP contribution in [0, 0.1) is 5.92 Å². The summed E-state index contributed by atoms with van der Waals surface area (Å²) in [4.78, 5) is 23.6. The largest absolute Gasteiger partial charge is 0.462 e. The number of piperidine rings is 1. The third-order valence-electron chi connectivity index (χ3n) is 3.13. The Kier molecular flexibility index (Phi) is 3.44.